The summed E-state index contributed by atoms with van der Waals surface area (Å²) >= 11 is 0. The Morgan fingerprint density at radius 1 is 1.20 bits per heavy atom. The Morgan fingerprint density at radius 3 is 2.64 bits per heavy atom. The molecule has 3 heterocycles. The van der Waals surface area contributed by atoms with Gasteiger partial charge in [0.15, 0.2) is 11.3 Å². The zero-order valence-corrected chi connectivity index (χ0v) is 24.0. The van der Waals surface area contributed by atoms with Crippen LogP contribution in [0.3, 0.4) is 0 Å². The van der Waals surface area contributed by atoms with Gasteiger partial charge in [0, 0.05) is 19.7 Å². The number of aromatic nitrogens is 6. The molecule has 1 amide bonds. The lowest BCUT2D eigenvalue weighted by molar-refractivity contribution is 0.0598. The third-order valence-corrected chi connectivity index (χ3v) is 7.12. The molecule has 5 aromatic rings. The summed E-state index contributed by atoms with van der Waals surface area (Å²) in [7, 11) is 3.01. The number of tetrazole rings is 1. The number of aromatic carboxylic acids is 1. The number of hydrogen-bond acceptors (Lipinski definition) is 11. The van der Waals surface area contributed by atoms with E-state index in [1.165, 1.54) is 11.7 Å². The number of oxazole rings is 1. The molecule has 44 heavy (non-hydrogen) atoms. The monoisotopic (exact) mass is 626 g/mol. The number of carboxylic acids is 1. The van der Waals surface area contributed by atoms with Gasteiger partial charge in [-0.3, -0.25) is 9.36 Å². The Balaban J connectivity index is 0.000000297. The van der Waals surface area contributed by atoms with Crippen molar-refractivity contribution in [3.05, 3.63) is 86.2 Å². The van der Waals surface area contributed by atoms with E-state index in [0.717, 1.165) is 38.4 Å². The SMILES string of the molecule is C.COC(=O)c1ccc2c(c1C)CC[C@@H]2NC(=O)c1cc(C(=O)O)nc2nnnn12.Cl.Cn1c(=O)oc2ccc(CN)cc21. The van der Waals surface area contributed by atoms with Crippen LogP contribution in [0.25, 0.3) is 16.9 Å². The highest BCUT2D eigenvalue weighted by Crippen LogP contribution is 2.35. The van der Waals surface area contributed by atoms with Crippen LogP contribution in [0, 0.1) is 6.92 Å². The predicted molar refractivity (Wildman–Crippen MR) is 160 cm³/mol. The summed E-state index contributed by atoms with van der Waals surface area (Å²) in [5.74, 6) is -2.65. The molecule has 15 nitrogen and oxygen atoms in total. The molecule has 0 saturated heterocycles. The fourth-order valence-electron chi connectivity index (χ4n) is 4.90. The van der Waals surface area contributed by atoms with E-state index in [2.05, 4.69) is 25.8 Å². The van der Waals surface area contributed by atoms with E-state index >= 15 is 0 Å². The molecule has 0 fully saturated rings. The molecular formula is C28H31ClN8O7. The van der Waals surface area contributed by atoms with E-state index < -0.39 is 17.8 Å². The van der Waals surface area contributed by atoms with Gasteiger partial charge < -0.3 is 25.3 Å². The number of fused-ring (bicyclic) bond motifs is 3. The van der Waals surface area contributed by atoms with Crippen molar-refractivity contribution in [1.82, 2.24) is 34.9 Å². The second-order valence-corrected chi connectivity index (χ2v) is 9.52. The lowest BCUT2D eigenvalue weighted by atomic mass is 9.98. The van der Waals surface area contributed by atoms with Crippen LogP contribution in [0.5, 0.6) is 0 Å². The van der Waals surface area contributed by atoms with Crippen molar-refractivity contribution >= 4 is 47.1 Å². The standard InChI is InChI=1S/C18H16N6O5.C9H10N2O2.CH4.ClH/c1-8-9-5-6-12(11(9)4-3-10(8)17(28)29-2)19-15(25)14-7-13(16(26)27)20-18-21-22-23-24(14)18;1-11-7-4-6(5-10)2-3-8(7)13-9(11)12;;/h3-4,7,12H,5-6H2,1-2H3,(H,19,25)(H,26,27);2-4H,5,10H2,1H3;1H4;1H/t12-;;;/m0.../s1. The third-order valence-electron chi connectivity index (χ3n) is 7.12. The number of carbonyl (C=O) groups excluding carboxylic acids is 2. The zero-order valence-electron chi connectivity index (χ0n) is 23.2. The minimum atomic E-state index is -1.29. The summed E-state index contributed by atoms with van der Waals surface area (Å²) in [5.41, 5.74) is 10.7. The molecule has 3 aromatic heterocycles. The minimum absolute atomic E-state index is 0. The molecule has 1 aliphatic carbocycles. The maximum absolute atomic E-state index is 12.9. The third kappa shape index (κ3) is 6.14. The largest absolute Gasteiger partial charge is 0.477 e. The molecule has 0 saturated carbocycles. The lowest BCUT2D eigenvalue weighted by Crippen LogP contribution is -2.29. The van der Waals surface area contributed by atoms with Crippen LogP contribution in [0.4, 0.5) is 0 Å². The molecule has 16 heteroatoms. The van der Waals surface area contributed by atoms with Crippen molar-refractivity contribution in [3.8, 4) is 0 Å². The highest BCUT2D eigenvalue weighted by Gasteiger charge is 2.29. The Bertz CT molecular complexity index is 1930. The number of aryl methyl sites for hydroxylation is 1. The van der Waals surface area contributed by atoms with Crippen LogP contribution in [-0.2, 0) is 24.8 Å². The normalized spacial score (nSPS) is 13.2. The Labute approximate surface area is 256 Å². The highest BCUT2D eigenvalue weighted by molar-refractivity contribution is 5.96. The van der Waals surface area contributed by atoms with E-state index in [1.807, 2.05) is 19.1 Å². The lowest BCUT2D eigenvalue weighted by Gasteiger charge is -2.16. The number of halogens is 1. The number of methoxy groups -OCH3 is 1. The van der Waals surface area contributed by atoms with Crippen molar-refractivity contribution in [2.75, 3.05) is 7.11 Å². The van der Waals surface area contributed by atoms with E-state index in [0.29, 0.717) is 30.5 Å². The fraction of sp³-hybridized carbons (Fsp3) is 0.286. The number of benzene rings is 2. The summed E-state index contributed by atoms with van der Waals surface area (Å²) in [5, 5.41) is 22.9. The summed E-state index contributed by atoms with van der Waals surface area (Å²) in [6.07, 6.45) is 1.33. The molecule has 0 radical (unpaired) electrons. The Kier molecular flexibility index (Phi) is 10.2. The van der Waals surface area contributed by atoms with Crippen molar-refractivity contribution in [3.63, 3.8) is 0 Å². The number of nitrogens with two attached hydrogens (primary N) is 1. The van der Waals surface area contributed by atoms with Crippen molar-refractivity contribution < 1.29 is 28.6 Å². The maximum Gasteiger partial charge on any atom is 0.419 e. The van der Waals surface area contributed by atoms with E-state index in [1.54, 1.807) is 25.2 Å². The van der Waals surface area contributed by atoms with Gasteiger partial charge in [-0.15, -0.1) is 12.4 Å². The Hall–Kier alpha value is -5.15. The number of ether oxygens (including phenoxy) is 1. The predicted octanol–water partition coefficient (Wildman–Crippen LogP) is 2.38. The van der Waals surface area contributed by atoms with Crippen LogP contribution >= 0.6 is 12.4 Å². The molecule has 2 aromatic carbocycles. The van der Waals surface area contributed by atoms with Crippen LogP contribution < -0.4 is 16.8 Å². The topological polar surface area (TPSA) is 210 Å². The van der Waals surface area contributed by atoms with Gasteiger partial charge in [0.25, 0.3) is 11.7 Å². The van der Waals surface area contributed by atoms with E-state index in [4.69, 9.17) is 14.9 Å². The summed E-state index contributed by atoms with van der Waals surface area (Å²) in [4.78, 5) is 51.0. The van der Waals surface area contributed by atoms with Gasteiger partial charge in [-0.2, -0.15) is 4.52 Å². The van der Waals surface area contributed by atoms with E-state index in [9.17, 15) is 24.3 Å². The molecule has 4 N–H and O–H groups in total. The van der Waals surface area contributed by atoms with Gasteiger partial charge in [-0.1, -0.05) is 24.7 Å². The molecule has 1 atom stereocenters. The average molecular weight is 627 g/mol. The second kappa shape index (κ2) is 13.4. The van der Waals surface area contributed by atoms with Gasteiger partial charge >= 0.3 is 17.7 Å². The fourth-order valence-corrected chi connectivity index (χ4v) is 4.90. The van der Waals surface area contributed by atoms with Crippen LogP contribution in [0.15, 0.2) is 45.6 Å². The van der Waals surface area contributed by atoms with Gasteiger partial charge in [-0.25, -0.2) is 19.4 Å². The highest BCUT2D eigenvalue weighted by atomic mass is 35.5. The van der Waals surface area contributed by atoms with Gasteiger partial charge in [-0.05, 0) is 70.6 Å². The Morgan fingerprint density at radius 2 is 1.95 bits per heavy atom. The molecular weight excluding hydrogens is 596 g/mol. The molecule has 1 aliphatic rings. The first-order valence-electron chi connectivity index (χ1n) is 12.8. The number of rotatable bonds is 5. The molecule has 0 spiro atoms. The van der Waals surface area contributed by atoms with Gasteiger partial charge in [0.2, 0.25) is 0 Å². The van der Waals surface area contributed by atoms with Crippen molar-refractivity contribution in [2.24, 2.45) is 12.8 Å². The van der Waals surface area contributed by atoms with Crippen LogP contribution in [0.1, 0.15) is 73.5 Å². The number of amides is 1. The number of nitrogens with zero attached hydrogens (tertiary/aromatic N) is 6. The summed E-state index contributed by atoms with van der Waals surface area (Å²) in [6.45, 7) is 2.32. The van der Waals surface area contributed by atoms with Gasteiger partial charge in [0.1, 0.15) is 5.69 Å². The quantitative estimate of drug-likeness (QED) is 0.240. The number of carboxylic acid groups (broad SMARTS) is 1. The molecule has 232 valence electrons. The molecule has 0 aliphatic heterocycles. The number of esters is 1. The number of hydrogen-bond donors (Lipinski definition) is 3. The smallest absolute Gasteiger partial charge is 0.419 e. The summed E-state index contributed by atoms with van der Waals surface area (Å²) < 4.78 is 12.3. The molecule has 0 unspecified atom stereocenters. The number of nitrogens with one attached hydrogen (secondary N) is 1. The minimum Gasteiger partial charge on any atom is -0.477 e. The first-order valence-corrected chi connectivity index (χ1v) is 12.8. The number of carbonyl (C=O) groups is 3. The first kappa shape index (κ1) is 33.4. The van der Waals surface area contributed by atoms with Crippen LogP contribution in [0.2, 0.25) is 0 Å². The first-order chi connectivity index (χ1) is 20.1. The summed E-state index contributed by atoms with van der Waals surface area (Å²) in [6, 6.07) is 9.79. The average Bonchev–Trinajstić information content (AvgIpc) is 3.70. The zero-order chi connectivity index (χ0) is 30.1. The maximum atomic E-state index is 12.9. The molecule has 0 bridgehead atoms. The van der Waals surface area contributed by atoms with Crippen molar-refractivity contribution in [1.29, 1.82) is 0 Å². The van der Waals surface area contributed by atoms with E-state index in [-0.39, 0.29) is 48.8 Å². The molecule has 6 rings (SSSR count). The second-order valence-electron chi connectivity index (χ2n) is 9.52. The van der Waals surface area contributed by atoms with Gasteiger partial charge in [0.05, 0.1) is 24.2 Å². The van der Waals surface area contributed by atoms with Crippen LogP contribution in [-0.4, -0.2) is 59.7 Å². The van der Waals surface area contributed by atoms with Crippen molar-refractivity contribution in [2.45, 2.75) is 39.8 Å².